The first kappa shape index (κ1) is 15.5. The van der Waals surface area contributed by atoms with Crippen LogP contribution in [0.4, 0.5) is 5.69 Å². The minimum Gasteiger partial charge on any atom is -0.481 e. The van der Waals surface area contributed by atoms with E-state index in [9.17, 15) is 14.7 Å². The lowest BCUT2D eigenvalue weighted by atomic mass is 9.92. The normalized spacial score (nSPS) is 17.4. The maximum Gasteiger partial charge on any atom is 0.308 e. The van der Waals surface area contributed by atoms with Gasteiger partial charge in [0.15, 0.2) is 0 Å². The number of carbonyl (C=O) groups excluding carboxylic acids is 1. The smallest absolute Gasteiger partial charge is 0.308 e. The lowest BCUT2D eigenvalue weighted by molar-refractivity contribution is -0.141. The number of carboxylic acid groups (broad SMARTS) is 1. The van der Waals surface area contributed by atoms with Crippen molar-refractivity contribution in [2.45, 2.75) is 6.42 Å². The molecule has 6 nitrogen and oxygen atoms in total. The van der Waals surface area contributed by atoms with Gasteiger partial charge in [0.05, 0.1) is 19.1 Å². The van der Waals surface area contributed by atoms with Gasteiger partial charge in [-0.1, -0.05) is 18.2 Å². The molecule has 21 heavy (non-hydrogen) atoms. The van der Waals surface area contributed by atoms with Crippen LogP contribution in [0, 0.1) is 5.92 Å². The monoisotopic (exact) mass is 293 g/mol. The van der Waals surface area contributed by atoms with Crippen molar-refractivity contribution >= 4 is 17.6 Å². The number of nitrogens with zero attached hydrogens (tertiary/aromatic N) is 1. The standard InChI is InChI=1S/C15H19NO5/c1-20-6-7-21-10-14(17)16-9-12(15(18)19)8-11-4-2-3-5-13(11)16/h2-5,12H,6-10H2,1H3,(H,18,19). The predicted molar refractivity (Wildman–Crippen MR) is 76.3 cm³/mol. The van der Waals surface area contributed by atoms with Gasteiger partial charge in [-0.3, -0.25) is 9.59 Å². The van der Waals surface area contributed by atoms with Crippen molar-refractivity contribution in [1.29, 1.82) is 0 Å². The summed E-state index contributed by atoms with van der Waals surface area (Å²) in [4.78, 5) is 25.0. The number of amides is 1. The molecule has 1 amide bonds. The van der Waals surface area contributed by atoms with Crippen LogP contribution in [0.15, 0.2) is 24.3 Å². The van der Waals surface area contributed by atoms with Crippen LogP contribution in [0.5, 0.6) is 0 Å². The van der Waals surface area contributed by atoms with E-state index in [0.717, 1.165) is 11.3 Å². The van der Waals surface area contributed by atoms with Crippen LogP contribution >= 0.6 is 0 Å². The molecule has 1 aliphatic heterocycles. The maximum atomic E-state index is 12.3. The van der Waals surface area contributed by atoms with Crippen LogP contribution in [0.3, 0.4) is 0 Å². The van der Waals surface area contributed by atoms with Crippen LogP contribution in [0.2, 0.25) is 0 Å². The van der Waals surface area contributed by atoms with Gasteiger partial charge in [0.2, 0.25) is 0 Å². The quantitative estimate of drug-likeness (QED) is 0.790. The Bertz CT molecular complexity index is 517. The van der Waals surface area contributed by atoms with Crippen molar-refractivity contribution in [3.8, 4) is 0 Å². The number of anilines is 1. The molecule has 1 atom stereocenters. The highest BCUT2D eigenvalue weighted by Gasteiger charge is 2.31. The molecule has 6 heteroatoms. The number of carbonyl (C=O) groups is 2. The summed E-state index contributed by atoms with van der Waals surface area (Å²) < 4.78 is 10.1. The van der Waals surface area contributed by atoms with Gasteiger partial charge in [-0.25, -0.2) is 0 Å². The minimum atomic E-state index is -0.886. The maximum absolute atomic E-state index is 12.3. The molecule has 1 aromatic rings. The van der Waals surface area contributed by atoms with Crippen LogP contribution in [-0.2, 0) is 25.5 Å². The molecular weight excluding hydrogens is 274 g/mol. The van der Waals surface area contributed by atoms with Crippen molar-refractivity contribution < 1.29 is 24.2 Å². The Hall–Kier alpha value is -1.92. The zero-order valence-corrected chi connectivity index (χ0v) is 11.9. The number of fused-ring (bicyclic) bond motifs is 1. The zero-order chi connectivity index (χ0) is 15.2. The molecule has 0 saturated carbocycles. The van der Waals surface area contributed by atoms with E-state index in [4.69, 9.17) is 9.47 Å². The minimum absolute atomic E-state index is 0.0793. The predicted octanol–water partition coefficient (Wildman–Crippen LogP) is 0.940. The van der Waals surface area contributed by atoms with Crippen molar-refractivity contribution in [3.63, 3.8) is 0 Å². The molecule has 0 aliphatic carbocycles. The van der Waals surface area contributed by atoms with Gasteiger partial charge in [-0.05, 0) is 18.1 Å². The molecule has 0 bridgehead atoms. The first-order valence-corrected chi connectivity index (χ1v) is 6.81. The second-order valence-corrected chi connectivity index (χ2v) is 4.92. The molecule has 0 fully saturated rings. The number of aliphatic carboxylic acids is 1. The van der Waals surface area contributed by atoms with E-state index in [1.807, 2.05) is 24.3 Å². The number of carboxylic acids is 1. The third-order valence-corrected chi connectivity index (χ3v) is 3.46. The molecule has 0 spiro atoms. The first-order chi connectivity index (χ1) is 10.1. The Morgan fingerprint density at radius 1 is 1.33 bits per heavy atom. The molecule has 1 aromatic carbocycles. The largest absolute Gasteiger partial charge is 0.481 e. The summed E-state index contributed by atoms with van der Waals surface area (Å²) in [7, 11) is 1.56. The average Bonchev–Trinajstić information content (AvgIpc) is 2.50. The van der Waals surface area contributed by atoms with E-state index in [1.54, 1.807) is 7.11 Å². The highest BCUT2D eigenvalue weighted by molar-refractivity contribution is 5.96. The fraction of sp³-hybridized carbons (Fsp3) is 0.467. The highest BCUT2D eigenvalue weighted by Crippen LogP contribution is 2.29. The SMILES string of the molecule is COCCOCC(=O)N1CC(C(=O)O)Cc2ccccc21. The summed E-state index contributed by atoms with van der Waals surface area (Å²) >= 11 is 0. The summed E-state index contributed by atoms with van der Waals surface area (Å²) in [6, 6.07) is 7.38. The number of rotatable bonds is 6. The van der Waals surface area contributed by atoms with Gasteiger partial charge in [0.1, 0.15) is 6.61 Å². The van der Waals surface area contributed by atoms with E-state index < -0.39 is 11.9 Å². The summed E-state index contributed by atoms with van der Waals surface area (Å²) in [5.41, 5.74) is 1.65. The summed E-state index contributed by atoms with van der Waals surface area (Å²) in [5.74, 6) is -1.70. The second-order valence-electron chi connectivity index (χ2n) is 4.92. The average molecular weight is 293 g/mol. The van der Waals surface area contributed by atoms with Gasteiger partial charge in [-0.2, -0.15) is 0 Å². The number of methoxy groups -OCH3 is 1. The third kappa shape index (κ3) is 3.80. The Balaban J connectivity index is 2.09. The lowest BCUT2D eigenvalue weighted by Gasteiger charge is -2.32. The van der Waals surface area contributed by atoms with Gasteiger partial charge in [-0.15, -0.1) is 0 Å². The Morgan fingerprint density at radius 2 is 2.10 bits per heavy atom. The van der Waals surface area contributed by atoms with Crippen molar-refractivity contribution in [3.05, 3.63) is 29.8 Å². The summed E-state index contributed by atoms with van der Waals surface area (Å²) in [5, 5.41) is 9.22. The van der Waals surface area contributed by atoms with E-state index in [-0.39, 0.29) is 19.1 Å². The molecule has 0 aromatic heterocycles. The Kier molecular flexibility index (Phi) is 5.30. The first-order valence-electron chi connectivity index (χ1n) is 6.81. The van der Waals surface area contributed by atoms with Crippen LogP contribution < -0.4 is 4.90 Å². The third-order valence-electron chi connectivity index (χ3n) is 3.46. The van der Waals surface area contributed by atoms with E-state index >= 15 is 0 Å². The molecule has 0 radical (unpaired) electrons. The molecule has 1 unspecified atom stereocenters. The number of hydrogen-bond donors (Lipinski definition) is 1. The summed E-state index contributed by atoms with van der Waals surface area (Å²) in [6.07, 6.45) is 0.444. The zero-order valence-electron chi connectivity index (χ0n) is 11.9. The molecule has 1 heterocycles. The molecule has 1 aliphatic rings. The van der Waals surface area contributed by atoms with Crippen LogP contribution in [-0.4, -0.2) is 50.5 Å². The molecular formula is C15H19NO5. The highest BCUT2D eigenvalue weighted by atomic mass is 16.5. The molecule has 0 saturated heterocycles. The molecule has 114 valence electrons. The van der Waals surface area contributed by atoms with E-state index in [0.29, 0.717) is 19.6 Å². The number of benzene rings is 1. The fourth-order valence-corrected chi connectivity index (χ4v) is 2.38. The van der Waals surface area contributed by atoms with Crippen molar-refractivity contribution in [1.82, 2.24) is 0 Å². The molecule has 2 rings (SSSR count). The van der Waals surface area contributed by atoms with Gasteiger partial charge in [0, 0.05) is 19.3 Å². The van der Waals surface area contributed by atoms with Crippen LogP contribution in [0.1, 0.15) is 5.56 Å². The Labute approximate surface area is 123 Å². The van der Waals surface area contributed by atoms with Gasteiger partial charge >= 0.3 is 5.97 Å². The Morgan fingerprint density at radius 3 is 2.81 bits per heavy atom. The lowest BCUT2D eigenvalue weighted by Crippen LogP contribution is -2.44. The van der Waals surface area contributed by atoms with Crippen LogP contribution in [0.25, 0.3) is 0 Å². The van der Waals surface area contributed by atoms with E-state index in [1.165, 1.54) is 4.90 Å². The topological polar surface area (TPSA) is 76.1 Å². The van der Waals surface area contributed by atoms with Crippen molar-refractivity contribution in [2.24, 2.45) is 5.92 Å². The fourth-order valence-electron chi connectivity index (χ4n) is 2.38. The van der Waals surface area contributed by atoms with Gasteiger partial charge < -0.3 is 19.5 Å². The second kappa shape index (κ2) is 7.19. The van der Waals surface area contributed by atoms with Gasteiger partial charge in [0.25, 0.3) is 5.91 Å². The number of para-hydroxylation sites is 1. The van der Waals surface area contributed by atoms with E-state index in [2.05, 4.69) is 0 Å². The molecule has 1 N–H and O–H groups in total. The number of hydrogen-bond acceptors (Lipinski definition) is 4. The number of ether oxygens (including phenoxy) is 2. The van der Waals surface area contributed by atoms with Crippen molar-refractivity contribution in [2.75, 3.05) is 38.4 Å². The summed E-state index contributed by atoms with van der Waals surface area (Å²) in [6.45, 7) is 0.852.